The van der Waals surface area contributed by atoms with Crippen molar-refractivity contribution in [1.82, 2.24) is 0 Å². The number of hydrogen-bond donors (Lipinski definition) is 2. The van der Waals surface area contributed by atoms with Crippen molar-refractivity contribution in [3.63, 3.8) is 0 Å². The van der Waals surface area contributed by atoms with Gasteiger partial charge in [0, 0.05) is 34.2 Å². The van der Waals surface area contributed by atoms with Crippen LogP contribution in [0.2, 0.25) is 0 Å². The molecular weight excluding hydrogens is 248 g/mol. The SMILES string of the molecule is O=C(O)C=CC1CSC(C=CC(=O)O)CS1. The Hall–Kier alpha value is -0.880. The molecule has 0 bridgehead atoms. The summed E-state index contributed by atoms with van der Waals surface area (Å²) in [5, 5.41) is 17.3. The highest BCUT2D eigenvalue weighted by Gasteiger charge is 2.18. The Morgan fingerprint density at radius 3 is 1.56 bits per heavy atom. The fourth-order valence-electron chi connectivity index (χ4n) is 1.13. The van der Waals surface area contributed by atoms with Crippen molar-refractivity contribution in [1.29, 1.82) is 0 Å². The highest BCUT2D eigenvalue weighted by Crippen LogP contribution is 2.31. The summed E-state index contributed by atoms with van der Waals surface area (Å²) < 4.78 is 0. The van der Waals surface area contributed by atoms with Crippen molar-refractivity contribution < 1.29 is 19.8 Å². The molecule has 88 valence electrons. The molecule has 0 spiro atoms. The molecule has 1 heterocycles. The Morgan fingerprint density at radius 1 is 0.938 bits per heavy atom. The van der Waals surface area contributed by atoms with Crippen LogP contribution in [0.25, 0.3) is 0 Å². The first-order valence-electron chi connectivity index (χ1n) is 4.63. The predicted molar refractivity (Wildman–Crippen MR) is 66.0 cm³/mol. The third kappa shape index (κ3) is 5.27. The zero-order chi connectivity index (χ0) is 12.0. The quantitative estimate of drug-likeness (QED) is 0.746. The average Bonchev–Trinajstić information content (AvgIpc) is 2.25. The van der Waals surface area contributed by atoms with Crippen LogP contribution in [0.5, 0.6) is 0 Å². The van der Waals surface area contributed by atoms with Gasteiger partial charge in [-0.25, -0.2) is 9.59 Å². The van der Waals surface area contributed by atoms with Crippen LogP contribution in [0, 0.1) is 0 Å². The van der Waals surface area contributed by atoms with E-state index in [2.05, 4.69) is 0 Å². The van der Waals surface area contributed by atoms with Gasteiger partial charge in [-0.15, -0.1) is 0 Å². The van der Waals surface area contributed by atoms with Crippen LogP contribution < -0.4 is 0 Å². The van der Waals surface area contributed by atoms with Crippen LogP contribution in [-0.4, -0.2) is 44.2 Å². The molecule has 16 heavy (non-hydrogen) atoms. The van der Waals surface area contributed by atoms with Crippen molar-refractivity contribution in [2.75, 3.05) is 11.5 Å². The number of thioether (sulfide) groups is 2. The maximum Gasteiger partial charge on any atom is 0.328 e. The van der Waals surface area contributed by atoms with Gasteiger partial charge in [0.25, 0.3) is 0 Å². The van der Waals surface area contributed by atoms with Crippen LogP contribution >= 0.6 is 23.5 Å². The summed E-state index contributed by atoms with van der Waals surface area (Å²) in [6.45, 7) is 0. The Morgan fingerprint density at radius 2 is 1.31 bits per heavy atom. The summed E-state index contributed by atoms with van der Waals surface area (Å²) in [5.41, 5.74) is 0. The first kappa shape index (κ1) is 13.2. The third-order valence-corrected chi connectivity index (χ3v) is 4.89. The van der Waals surface area contributed by atoms with Gasteiger partial charge in [-0.1, -0.05) is 12.2 Å². The van der Waals surface area contributed by atoms with Crippen LogP contribution in [0.3, 0.4) is 0 Å². The number of hydrogen-bond acceptors (Lipinski definition) is 4. The number of carboxylic acid groups (broad SMARTS) is 2. The van der Waals surface area contributed by atoms with Gasteiger partial charge in [0.15, 0.2) is 0 Å². The van der Waals surface area contributed by atoms with E-state index >= 15 is 0 Å². The number of rotatable bonds is 4. The third-order valence-electron chi connectivity index (χ3n) is 1.86. The normalized spacial score (nSPS) is 26.2. The standard InChI is InChI=1S/C10H12O4S2/c11-9(12)3-1-7-5-16-8(6-15-7)2-4-10(13)14/h1-4,7-8H,5-6H2,(H,11,12)(H,13,14). The topological polar surface area (TPSA) is 74.6 Å². The van der Waals surface area contributed by atoms with E-state index in [9.17, 15) is 9.59 Å². The molecule has 2 N–H and O–H groups in total. The molecule has 1 fully saturated rings. The molecule has 6 heteroatoms. The minimum atomic E-state index is -0.932. The molecule has 2 unspecified atom stereocenters. The summed E-state index contributed by atoms with van der Waals surface area (Å²) in [5.74, 6) is -0.247. The van der Waals surface area contributed by atoms with Crippen molar-refractivity contribution >= 4 is 35.5 Å². The van der Waals surface area contributed by atoms with Crippen molar-refractivity contribution in [2.45, 2.75) is 10.5 Å². The summed E-state index contributed by atoms with van der Waals surface area (Å²) >= 11 is 3.30. The zero-order valence-corrected chi connectivity index (χ0v) is 10.0. The van der Waals surface area contributed by atoms with Gasteiger partial charge in [0.1, 0.15) is 0 Å². The van der Waals surface area contributed by atoms with Gasteiger partial charge in [0.2, 0.25) is 0 Å². The fraction of sp³-hybridized carbons (Fsp3) is 0.400. The van der Waals surface area contributed by atoms with Gasteiger partial charge in [-0.2, -0.15) is 23.5 Å². The Balaban J connectivity index is 2.34. The Bertz CT molecular complexity index is 285. The molecule has 0 aromatic heterocycles. The van der Waals surface area contributed by atoms with E-state index in [1.165, 1.54) is 0 Å². The van der Waals surface area contributed by atoms with E-state index in [0.29, 0.717) is 0 Å². The lowest BCUT2D eigenvalue weighted by Crippen LogP contribution is -2.18. The minimum Gasteiger partial charge on any atom is -0.478 e. The Kier molecular flexibility index (Phi) is 5.48. The van der Waals surface area contributed by atoms with E-state index in [1.54, 1.807) is 35.7 Å². The molecule has 0 saturated carbocycles. The van der Waals surface area contributed by atoms with Gasteiger partial charge >= 0.3 is 11.9 Å². The van der Waals surface area contributed by atoms with Gasteiger partial charge in [0.05, 0.1) is 0 Å². The Labute approximate surface area is 102 Å². The van der Waals surface area contributed by atoms with Crippen molar-refractivity contribution in [2.24, 2.45) is 0 Å². The summed E-state index contributed by atoms with van der Waals surface area (Å²) in [6.07, 6.45) is 5.67. The maximum atomic E-state index is 10.3. The van der Waals surface area contributed by atoms with Crippen LogP contribution in [-0.2, 0) is 9.59 Å². The second-order valence-corrected chi connectivity index (χ2v) is 5.68. The largest absolute Gasteiger partial charge is 0.478 e. The highest BCUT2D eigenvalue weighted by atomic mass is 32.2. The predicted octanol–water partition coefficient (Wildman–Crippen LogP) is 1.49. The maximum absolute atomic E-state index is 10.3. The molecule has 0 aromatic carbocycles. The zero-order valence-electron chi connectivity index (χ0n) is 8.41. The smallest absolute Gasteiger partial charge is 0.328 e. The van der Waals surface area contributed by atoms with Gasteiger partial charge in [-0.3, -0.25) is 0 Å². The van der Waals surface area contributed by atoms with E-state index in [-0.39, 0.29) is 10.5 Å². The summed E-state index contributed by atoms with van der Waals surface area (Å²) in [7, 11) is 0. The van der Waals surface area contributed by atoms with E-state index in [4.69, 9.17) is 10.2 Å². The van der Waals surface area contributed by atoms with Crippen LogP contribution in [0.15, 0.2) is 24.3 Å². The molecule has 1 aliphatic rings. The number of carboxylic acids is 2. The van der Waals surface area contributed by atoms with Crippen LogP contribution in [0.1, 0.15) is 0 Å². The average molecular weight is 260 g/mol. The molecule has 2 atom stereocenters. The molecule has 0 aliphatic carbocycles. The lowest BCUT2D eigenvalue weighted by atomic mass is 10.4. The molecule has 1 aliphatic heterocycles. The molecule has 0 radical (unpaired) electrons. The van der Waals surface area contributed by atoms with E-state index in [1.807, 2.05) is 0 Å². The monoisotopic (exact) mass is 260 g/mol. The minimum absolute atomic E-state index is 0.204. The second kappa shape index (κ2) is 6.65. The number of aliphatic carboxylic acids is 2. The van der Waals surface area contributed by atoms with Gasteiger partial charge < -0.3 is 10.2 Å². The van der Waals surface area contributed by atoms with E-state index < -0.39 is 11.9 Å². The lowest BCUT2D eigenvalue weighted by molar-refractivity contribution is -0.132. The van der Waals surface area contributed by atoms with Gasteiger partial charge in [-0.05, 0) is 0 Å². The summed E-state index contributed by atoms with van der Waals surface area (Å²) in [4.78, 5) is 20.6. The van der Waals surface area contributed by atoms with E-state index in [0.717, 1.165) is 23.7 Å². The molecule has 0 amide bonds. The number of carbonyl (C=O) groups is 2. The summed E-state index contributed by atoms with van der Waals surface area (Å²) in [6, 6.07) is 0. The first-order valence-corrected chi connectivity index (χ1v) is 6.73. The second-order valence-electron chi connectivity index (χ2n) is 3.14. The van der Waals surface area contributed by atoms with Crippen LogP contribution in [0.4, 0.5) is 0 Å². The highest BCUT2D eigenvalue weighted by molar-refractivity contribution is 8.07. The molecule has 1 saturated heterocycles. The first-order chi connectivity index (χ1) is 7.58. The fourth-order valence-corrected chi connectivity index (χ4v) is 3.85. The molecule has 4 nitrogen and oxygen atoms in total. The van der Waals surface area contributed by atoms with Crippen molar-refractivity contribution in [3.8, 4) is 0 Å². The molecular formula is C10H12O4S2. The lowest BCUT2D eigenvalue weighted by Gasteiger charge is -2.23. The van der Waals surface area contributed by atoms with Crippen molar-refractivity contribution in [3.05, 3.63) is 24.3 Å². The molecule has 1 rings (SSSR count). The molecule has 0 aromatic rings.